The van der Waals surface area contributed by atoms with Gasteiger partial charge in [-0.3, -0.25) is 0 Å². The van der Waals surface area contributed by atoms with Crippen LogP contribution in [-0.4, -0.2) is 17.8 Å². The molecule has 0 aromatic heterocycles. The van der Waals surface area contributed by atoms with Gasteiger partial charge in [0, 0.05) is 0 Å². The molecular weight excluding hydrogens is 176 g/mol. The summed E-state index contributed by atoms with van der Waals surface area (Å²) in [4.78, 5) is 0. The van der Waals surface area contributed by atoms with Crippen molar-refractivity contribution in [3.05, 3.63) is 42.5 Å². The predicted octanol–water partition coefficient (Wildman–Crippen LogP) is 2.53. The zero-order valence-corrected chi connectivity index (χ0v) is 8.44. The highest BCUT2D eigenvalue weighted by atomic mass is 16.6. The van der Waals surface area contributed by atoms with Crippen molar-refractivity contribution in [3.63, 3.8) is 0 Å². The van der Waals surface area contributed by atoms with E-state index in [2.05, 4.69) is 13.5 Å². The minimum atomic E-state index is 0.349. The Morgan fingerprint density at radius 1 is 1.57 bits per heavy atom. The van der Waals surface area contributed by atoms with E-state index in [-0.39, 0.29) is 0 Å². The summed E-state index contributed by atoms with van der Waals surface area (Å²) >= 11 is 0. The first-order valence-electron chi connectivity index (χ1n) is 4.73. The second-order valence-corrected chi connectivity index (χ2v) is 3.27. The van der Waals surface area contributed by atoms with Crippen LogP contribution in [0, 0.1) is 0 Å². The van der Waals surface area contributed by atoms with E-state index in [0.717, 1.165) is 18.6 Å². The maximum Gasteiger partial charge on any atom is 0.119 e. The standard InChI is InChI=1S/C9H10O.C3H6O/c1-2-5-8-6-3-4-7-9(8)10;1-3-2-4-3/h2-4,6-7,10H,1,5H2;3H,2H2,1H3. The lowest BCUT2D eigenvalue weighted by molar-refractivity contribution is 0.423. The molecule has 0 saturated carbocycles. The zero-order valence-electron chi connectivity index (χ0n) is 8.44. The van der Waals surface area contributed by atoms with Crippen LogP contribution < -0.4 is 0 Å². The average molecular weight is 192 g/mol. The van der Waals surface area contributed by atoms with Gasteiger partial charge in [-0.2, -0.15) is 0 Å². The number of allylic oxidation sites excluding steroid dienone is 1. The average Bonchev–Trinajstić information content (AvgIpc) is 2.94. The Labute approximate surface area is 84.8 Å². The highest BCUT2D eigenvalue weighted by Crippen LogP contribution is 2.15. The minimum Gasteiger partial charge on any atom is -0.508 e. The van der Waals surface area contributed by atoms with Gasteiger partial charge in [0.05, 0.1) is 12.7 Å². The Kier molecular flexibility index (Phi) is 4.20. The molecule has 0 aliphatic carbocycles. The fourth-order valence-electron chi connectivity index (χ4n) is 0.935. The van der Waals surface area contributed by atoms with Crippen LogP contribution >= 0.6 is 0 Å². The highest BCUT2D eigenvalue weighted by molar-refractivity contribution is 5.32. The maximum atomic E-state index is 9.19. The van der Waals surface area contributed by atoms with Crippen molar-refractivity contribution in [1.29, 1.82) is 0 Å². The fourth-order valence-corrected chi connectivity index (χ4v) is 0.935. The monoisotopic (exact) mass is 192 g/mol. The van der Waals surface area contributed by atoms with E-state index >= 15 is 0 Å². The zero-order chi connectivity index (χ0) is 10.4. The number of ether oxygens (including phenoxy) is 1. The van der Waals surface area contributed by atoms with Crippen molar-refractivity contribution in [3.8, 4) is 5.75 Å². The molecular formula is C12H16O2. The molecule has 1 heterocycles. The molecule has 1 saturated heterocycles. The molecule has 0 amide bonds. The van der Waals surface area contributed by atoms with Gasteiger partial charge >= 0.3 is 0 Å². The molecule has 1 aliphatic heterocycles. The van der Waals surface area contributed by atoms with Crippen LogP contribution in [0.15, 0.2) is 36.9 Å². The molecule has 76 valence electrons. The van der Waals surface area contributed by atoms with Crippen molar-refractivity contribution in [2.24, 2.45) is 0 Å². The van der Waals surface area contributed by atoms with Crippen LogP contribution in [0.2, 0.25) is 0 Å². The SMILES string of the molecule is C=CCc1ccccc1O.CC1CO1. The Hall–Kier alpha value is -1.28. The van der Waals surface area contributed by atoms with Crippen molar-refractivity contribution in [2.75, 3.05) is 6.61 Å². The van der Waals surface area contributed by atoms with Crippen LogP contribution in [0.3, 0.4) is 0 Å². The summed E-state index contributed by atoms with van der Waals surface area (Å²) in [5, 5.41) is 9.19. The van der Waals surface area contributed by atoms with Crippen LogP contribution in [-0.2, 0) is 11.2 Å². The third-order valence-corrected chi connectivity index (χ3v) is 1.86. The van der Waals surface area contributed by atoms with Crippen molar-refractivity contribution >= 4 is 0 Å². The normalized spacial score (nSPS) is 17.9. The Morgan fingerprint density at radius 3 is 2.57 bits per heavy atom. The van der Waals surface area contributed by atoms with Crippen molar-refractivity contribution in [2.45, 2.75) is 19.4 Å². The van der Waals surface area contributed by atoms with Gasteiger partial charge in [0.2, 0.25) is 0 Å². The van der Waals surface area contributed by atoms with E-state index in [1.165, 1.54) is 0 Å². The Bertz CT molecular complexity index is 290. The largest absolute Gasteiger partial charge is 0.508 e. The van der Waals surface area contributed by atoms with E-state index in [9.17, 15) is 5.11 Å². The smallest absolute Gasteiger partial charge is 0.119 e. The number of phenols is 1. The molecule has 2 rings (SSSR count). The third kappa shape index (κ3) is 4.10. The molecule has 1 N–H and O–H groups in total. The van der Waals surface area contributed by atoms with Gasteiger partial charge in [-0.05, 0) is 25.0 Å². The summed E-state index contributed by atoms with van der Waals surface area (Å²) in [7, 11) is 0. The molecule has 2 heteroatoms. The molecule has 1 atom stereocenters. The molecule has 0 spiro atoms. The number of benzene rings is 1. The molecule has 14 heavy (non-hydrogen) atoms. The molecule has 1 aliphatic rings. The Balaban J connectivity index is 0.000000203. The summed E-state index contributed by atoms with van der Waals surface area (Å²) in [5.74, 6) is 0.349. The lowest BCUT2D eigenvalue weighted by Gasteiger charge is -1.97. The lowest BCUT2D eigenvalue weighted by Crippen LogP contribution is -1.79. The van der Waals surface area contributed by atoms with E-state index < -0.39 is 0 Å². The molecule has 1 fully saturated rings. The topological polar surface area (TPSA) is 32.8 Å². The second kappa shape index (κ2) is 5.45. The number of hydrogen-bond acceptors (Lipinski definition) is 2. The number of epoxide rings is 1. The molecule has 1 unspecified atom stereocenters. The van der Waals surface area contributed by atoms with E-state index in [1.54, 1.807) is 12.1 Å². The van der Waals surface area contributed by atoms with Crippen molar-refractivity contribution in [1.82, 2.24) is 0 Å². The quantitative estimate of drug-likeness (QED) is 0.577. The lowest BCUT2D eigenvalue weighted by atomic mass is 10.1. The number of phenolic OH excluding ortho intramolecular Hbond substituents is 1. The first-order valence-corrected chi connectivity index (χ1v) is 4.73. The number of hydrogen-bond donors (Lipinski definition) is 1. The summed E-state index contributed by atoms with van der Waals surface area (Å²) in [6.45, 7) is 6.63. The first kappa shape index (κ1) is 10.8. The summed E-state index contributed by atoms with van der Waals surface area (Å²) < 4.78 is 4.71. The first-order chi connectivity index (χ1) is 6.74. The minimum absolute atomic E-state index is 0.349. The third-order valence-electron chi connectivity index (χ3n) is 1.86. The number of rotatable bonds is 2. The molecule has 0 bridgehead atoms. The van der Waals surface area contributed by atoms with Gasteiger partial charge in [0.15, 0.2) is 0 Å². The van der Waals surface area contributed by atoms with E-state index in [1.807, 2.05) is 18.2 Å². The fraction of sp³-hybridized carbons (Fsp3) is 0.333. The van der Waals surface area contributed by atoms with E-state index in [4.69, 9.17) is 4.74 Å². The van der Waals surface area contributed by atoms with Gasteiger partial charge in [-0.15, -0.1) is 6.58 Å². The van der Waals surface area contributed by atoms with Crippen LogP contribution in [0.1, 0.15) is 12.5 Å². The van der Waals surface area contributed by atoms with Gasteiger partial charge in [0.25, 0.3) is 0 Å². The van der Waals surface area contributed by atoms with Crippen LogP contribution in [0.4, 0.5) is 0 Å². The number of para-hydroxylation sites is 1. The predicted molar refractivity (Wildman–Crippen MR) is 57.4 cm³/mol. The molecule has 0 radical (unpaired) electrons. The Morgan fingerprint density at radius 2 is 2.14 bits per heavy atom. The van der Waals surface area contributed by atoms with Gasteiger partial charge < -0.3 is 9.84 Å². The maximum absolute atomic E-state index is 9.19. The summed E-state index contributed by atoms with van der Waals surface area (Å²) in [6.07, 6.45) is 3.09. The highest BCUT2D eigenvalue weighted by Gasteiger charge is 2.13. The molecule has 1 aromatic carbocycles. The number of aromatic hydroxyl groups is 1. The molecule has 1 aromatic rings. The van der Waals surface area contributed by atoms with Gasteiger partial charge in [-0.1, -0.05) is 24.3 Å². The van der Waals surface area contributed by atoms with Crippen LogP contribution in [0.25, 0.3) is 0 Å². The summed E-state index contributed by atoms with van der Waals surface area (Å²) in [5.41, 5.74) is 0.928. The van der Waals surface area contributed by atoms with Crippen LogP contribution in [0.5, 0.6) is 5.75 Å². The molecule has 2 nitrogen and oxygen atoms in total. The summed E-state index contributed by atoms with van der Waals surface area (Å²) in [6, 6.07) is 7.27. The van der Waals surface area contributed by atoms with Gasteiger partial charge in [-0.25, -0.2) is 0 Å². The van der Waals surface area contributed by atoms with E-state index in [0.29, 0.717) is 11.9 Å². The van der Waals surface area contributed by atoms with Gasteiger partial charge in [0.1, 0.15) is 5.75 Å². The van der Waals surface area contributed by atoms with Crippen molar-refractivity contribution < 1.29 is 9.84 Å². The second-order valence-electron chi connectivity index (χ2n) is 3.27.